The molecule has 0 saturated heterocycles. The third-order valence-corrected chi connectivity index (χ3v) is 0.398. The third kappa shape index (κ3) is 27.4. The number of aliphatic hydroxyl groups is 2. The summed E-state index contributed by atoms with van der Waals surface area (Å²) < 4.78 is 11.1. The Morgan fingerprint density at radius 3 is 1.50 bits per heavy atom. The van der Waals surface area contributed by atoms with Crippen LogP contribution in [-0.4, -0.2) is 39.0 Å². The van der Waals surface area contributed by atoms with Gasteiger partial charge < -0.3 is 20.4 Å². The van der Waals surface area contributed by atoms with Crippen molar-refractivity contribution in [2.75, 3.05) is 0 Å². The summed E-state index contributed by atoms with van der Waals surface area (Å²) in [6.07, 6.45) is -5.19. The van der Waals surface area contributed by atoms with E-state index < -0.39 is 18.6 Å². The van der Waals surface area contributed by atoms with Crippen molar-refractivity contribution in [1.82, 2.24) is 0 Å². The predicted octanol–water partition coefficient (Wildman–Crippen LogP) is -0.122. The number of hydrogen-bond donors (Lipinski definition) is 4. The van der Waals surface area contributed by atoms with Gasteiger partial charge in [-0.05, 0) is 6.92 Å². The Hall–Kier alpha value is -0.880. The zero-order chi connectivity index (χ0) is 8.73. The summed E-state index contributed by atoms with van der Waals surface area (Å²) in [5.41, 5.74) is 0. The van der Waals surface area contributed by atoms with Crippen LogP contribution in [0.15, 0.2) is 0 Å². The van der Waals surface area contributed by atoms with E-state index in [-0.39, 0.29) is 0 Å². The number of alkyl halides is 1. The van der Waals surface area contributed by atoms with Gasteiger partial charge in [-0.15, -0.1) is 0 Å². The second-order valence-electron chi connectivity index (χ2n) is 1.40. The second kappa shape index (κ2) is 6.24. The fraction of sp³-hybridized carbons (Fsp3) is 0.750. The largest absolute Gasteiger partial charge is 0.503 e. The van der Waals surface area contributed by atoms with E-state index in [0.29, 0.717) is 0 Å². The fourth-order valence-corrected chi connectivity index (χ4v) is 0. The highest BCUT2D eigenvalue weighted by Gasteiger charge is 2.04. The van der Waals surface area contributed by atoms with Crippen LogP contribution >= 0.6 is 0 Å². The molecule has 0 aromatic heterocycles. The van der Waals surface area contributed by atoms with E-state index in [1.165, 1.54) is 6.92 Å². The van der Waals surface area contributed by atoms with Crippen LogP contribution in [0.5, 0.6) is 0 Å². The number of hydrogen-bond acceptors (Lipinski definition) is 3. The van der Waals surface area contributed by atoms with Crippen molar-refractivity contribution in [3.8, 4) is 0 Å². The zero-order valence-corrected chi connectivity index (χ0v) is 5.23. The maximum atomic E-state index is 11.1. The average molecular weight is 156 g/mol. The average Bonchev–Trinajstić information content (AvgIpc) is 1.63. The highest BCUT2D eigenvalue weighted by molar-refractivity contribution is 5.53. The van der Waals surface area contributed by atoms with E-state index in [1.807, 2.05) is 0 Å². The molecule has 2 unspecified atom stereocenters. The summed E-state index contributed by atoms with van der Waals surface area (Å²) in [4.78, 5) is 8.56. The molecule has 0 radical (unpaired) electrons. The van der Waals surface area contributed by atoms with Crippen LogP contribution in [0.25, 0.3) is 0 Å². The van der Waals surface area contributed by atoms with Crippen LogP contribution in [-0.2, 0) is 0 Å². The van der Waals surface area contributed by atoms with E-state index >= 15 is 0 Å². The van der Waals surface area contributed by atoms with Crippen LogP contribution in [0.4, 0.5) is 9.18 Å². The highest BCUT2D eigenvalue weighted by Crippen LogP contribution is 1.89. The molecule has 0 bridgehead atoms. The smallest absolute Gasteiger partial charge is 0.450 e. The van der Waals surface area contributed by atoms with Gasteiger partial charge in [-0.2, -0.15) is 0 Å². The Balaban J connectivity index is 0. The lowest BCUT2D eigenvalue weighted by Gasteiger charge is -1.99. The molecule has 10 heavy (non-hydrogen) atoms. The van der Waals surface area contributed by atoms with E-state index in [2.05, 4.69) is 0 Å². The van der Waals surface area contributed by atoms with E-state index in [9.17, 15) is 4.39 Å². The molecule has 0 saturated carbocycles. The van der Waals surface area contributed by atoms with Crippen LogP contribution < -0.4 is 0 Å². The van der Waals surface area contributed by atoms with Gasteiger partial charge in [-0.25, -0.2) is 9.18 Å². The van der Waals surface area contributed by atoms with E-state index in [0.717, 1.165) is 0 Å². The normalized spacial score (nSPS) is 14.4. The van der Waals surface area contributed by atoms with Crippen molar-refractivity contribution in [3.05, 3.63) is 0 Å². The molecule has 6 heteroatoms. The summed E-state index contributed by atoms with van der Waals surface area (Å²) in [5.74, 6) is 0. The Morgan fingerprint density at radius 2 is 1.50 bits per heavy atom. The first kappa shape index (κ1) is 11.9. The first-order chi connectivity index (χ1) is 4.37. The molecule has 62 valence electrons. The van der Waals surface area contributed by atoms with Gasteiger partial charge in [0, 0.05) is 0 Å². The fourth-order valence-electron chi connectivity index (χ4n) is 0. The quantitative estimate of drug-likeness (QED) is 0.424. The maximum Gasteiger partial charge on any atom is 0.503 e. The third-order valence-electron chi connectivity index (χ3n) is 0.398. The first-order valence-corrected chi connectivity index (χ1v) is 2.30. The van der Waals surface area contributed by atoms with Crippen molar-refractivity contribution in [2.24, 2.45) is 0 Å². The Bertz CT molecular complexity index is 81.6. The standard InChI is InChI=1S/C3H7FO2.CH2O3/c1-2(5)3(4)6;2-1(3)4/h2-3,5-6H,1H3;(H2,2,3,4). The first-order valence-electron chi connectivity index (χ1n) is 2.30. The number of carboxylic acid groups (broad SMARTS) is 2. The van der Waals surface area contributed by atoms with Gasteiger partial charge in [0.1, 0.15) is 6.10 Å². The van der Waals surface area contributed by atoms with Crippen molar-refractivity contribution >= 4 is 6.16 Å². The van der Waals surface area contributed by atoms with Crippen LogP contribution in [0.2, 0.25) is 0 Å². The van der Waals surface area contributed by atoms with Gasteiger partial charge in [-0.1, -0.05) is 0 Å². The molecule has 0 aliphatic heterocycles. The minimum absolute atomic E-state index is 1.17. The summed E-state index contributed by atoms with van der Waals surface area (Å²) in [5, 5.41) is 29.7. The predicted molar refractivity (Wildman–Crippen MR) is 29.4 cm³/mol. The summed E-state index contributed by atoms with van der Waals surface area (Å²) >= 11 is 0. The maximum absolute atomic E-state index is 11.1. The van der Waals surface area contributed by atoms with Gasteiger partial charge >= 0.3 is 6.16 Å². The van der Waals surface area contributed by atoms with Crippen molar-refractivity contribution in [2.45, 2.75) is 19.4 Å². The molecular formula is C4H9FO5. The second-order valence-corrected chi connectivity index (χ2v) is 1.40. The lowest BCUT2D eigenvalue weighted by Crippen LogP contribution is -2.15. The molecule has 2 atom stereocenters. The molecule has 0 aromatic rings. The minimum Gasteiger partial charge on any atom is -0.450 e. The molecule has 4 N–H and O–H groups in total. The van der Waals surface area contributed by atoms with E-state index in [4.69, 9.17) is 25.2 Å². The van der Waals surface area contributed by atoms with Gasteiger partial charge in [0.2, 0.25) is 6.36 Å². The van der Waals surface area contributed by atoms with Crippen molar-refractivity contribution < 1.29 is 29.6 Å². The minimum atomic E-state index is -2.09. The number of rotatable bonds is 1. The molecule has 0 rings (SSSR count). The SMILES string of the molecule is CC(O)C(O)F.O=C(O)O. The molecule has 0 spiro atoms. The van der Waals surface area contributed by atoms with Crippen molar-refractivity contribution in [1.29, 1.82) is 0 Å². The van der Waals surface area contributed by atoms with Crippen LogP contribution in [0.1, 0.15) is 6.92 Å². The summed E-state index contributed by atoms with van der Waals surface area (Å²) in [6.45, 7) is 1.17. The van der Waals surface area contributed by atoms with Gasteiger partial charge in [0.05, 0.1) is 0 Å². The molecule has 0 amide bonds. The summed E-state index contributed by atoms with van der Waals surface area (Å²) in [7, 11) is 0. The van der Waals surface area contributed by atoms with Gasteiger partial charge in [0.15, 0.2) is 0 Å². The van der Waals surface area contributed by atoms with Gasteiger partial charge in [0.25, 0.3) is 0 Å². The topological polar surface area (TPSA) is 98.0 Å². The molecule has 0 aromatic carbocycles. The number of halogens is 1. The molecule has 0 aliphatic rings. The molecule has 0 heterocycles. The molecule has 0 fully saturated rings. The van der Waals surface area contributed by atoms with Crippen molar-refractivity contribution in [3.63, 3.8) is 0 Å². The molecule has 5 nitrogen and oxygen atoms in total. The van der Waals surface area contributed by atoms with Gasteiger partial charge in [-0.3, -0.25) is 0 Å². The Labute approximate surface area is 56.3 Å². The monoisotopic (exact) mass is 156 g/mol. The van der Waals surface area contributed by atoms with E-state index in [1.54, 1.807) is 0 Å². The molecule has 0 aliphatic carbocycles. The Kier molecular flexibility index (Phi) is 7.41. The zero-order valence-electron chi connectivity index (χ0n) is 5.23. The lowest BCUT2D eigenvalue weighted by molar-refractivity contribution is -0.0559. The number of carbonyl (C=O) groups is 1. The highest BCUT2D eigenvalue weighted by atomic mass is 19.1. The van der Waals surface area contributed by atoms with Crippen LogP contribution in [0.3, 0.4) is 0 Å². The van der Waals surface area contributed by atoms with Crippen LogP contribution in [0, 0.1) is 0 Å². The number of aliphatic hydroxyl groups excluding tert-OH is 2. The Morgan fingerprint density at radius 1 is 1.40 bits per heavy atom. The molecular weight excluding hydrogens is 147 g/mol. The lowest BCUT2D eigenvalue weighted by atomic mass is 10.4. The summed E-state index contributed by atoms with van der Waals surface area (Å²) in [6, 6.07) is 0.